The summed E-state index contributed by atoms with van der Waals surface area (Å²) in [6.07, 6.45) is 4.11. The summed E-state index contributed by atoms with van der Waals surface area (Å²) in [5, 5.41) is 0. The molecular weight excluding hydrogens is 112 g/mol. The lowest BCUT2D eigenvalue weighted by Crippen LogP contribution is -2.33. The fourth-order valence-corrected chi connectivity index (χ4v) is 1.39. The molecular formula is C7H16N2. The fourth-order valence-electron chi connectivity index (χ4n) is 1.39. The molecule has 1 saturated carbocycles. The number of rotatable bonds is 3. The molecule has 0 heterocycles. The average molecular weight is 128 g/mol. The quantitative estimate of drug-likeness (QED) is 0.575. The van der Waals surface area contributed by atoms with Gasteiger partial charge in [0.2, 0.25) is 0 Å². The Hall–Kier alpha value is -0.0800. The Kier molecular flexibility index (Phi) is 2.49. The summed E-state index contributed by atoms with van der Waals surface area (Å²) in [5.41, 5.74) is 11.0. The Balaban J connectivity index is 2.19. The third kappa shape index (κ3) is 1.43. The maximum atomic E-state index is 5.51. The summed E-state index contributed by atoms with van der Waals surface area (Å²) in [6.45, 7) is 1.56. The van der Waals surface area contributed by atoms with Gasteiger partial charge in [0.15, 0.2) is 0 Å². The average Bonchev–Trinajstić information content (AvgIpc) is 1.78. The van der Waals surface area contributed by atoms with Gasteiger partial charge >= 0.3 is 0 Å². The van der Waals surface area contributed by atoms with Crippen molar-refractivity contribution in [3.05, 3.63) is 0 Å². The molecule has 4 N–H and O–H groups in total. The number of hydrogen-bond acceptors (Lipinski definition) is 2. The maximum absolute atomic E-state index is 5.51. The highest BCUT2D eigenvalue weighted by atomic mass is 14.6. The molecule has 9 heavy (non-hydrogen) atoms. The third-order valence-corrected chi connectivity index (χ3v) is 2.42. The topological polar surface area (TPSA) is 52.0 Å². The monoisotopic (exact) mass is 128 g/mol. The van der Waals surface area contributed by atoms with Crippen LogP contribution in [0.25, 0.3) is 0 Å². The van der Waals surface area contributed by atoms with E-state index in [4.69, 9.17) is 11.5 Å². The SMILES string of the molecule is NCC(CN)C1CCC1. The van der Waals surface area contributed by atoms with E-state index in [0.29, 0.717) is 5.92 Å². The lowest BCUT2D eigenvalue weighted by molar-refractivity contribution is 0.216. The van der Waals surface area contributed by atoms with Crippen molar-refractivity contribution in [2.75, 3.05) is 13.1 Å². The van der Waals surface area contributed by atoms with Gasteiger partial charge in [0.25, 0.3) is 0 Å². The Morgan fingerprint density at radius 2 is 1.78 bits per heavy atom. The first-order valence-electron chi connectivity index (χ1n) is 3.78. The molecule has 0 aromatic rings. The molecule has 0 saturated heterocycles. The first kappa shape index (κ1) is 7.03. The lowest BCUT2D eigenvalue weighted by Gasteiger charge is -2.32. The van der Waals surface area contributed by atoms with E-state index in [1.54, 1.807) is 0 Å². The molecule has 0 amide bonds. The van der Waals surface area contributed by atoms with E-state index in [2.05, 4.69) is 0 Å². The summed E-state index contributed by atoms with van der Waals surface area (Å²) in [6, 6.07) is 0. The lowest BCUT2D eigenvalue weighted by atomic mass is 9.76. The van der Waals surface area contributed by atoms with Crippen molar-refractivity contribution in [1.82, 2.24) is 0 Å². The minimum absolute atomic E-state index is 0.610. The molecule has 0 unspecified atom stereocenters. The number of hydrogen-bond donors (Lipinski definition) is 2. The highest BCUT2D eigenvalue weighted by Crippen LogP contribution is 2.32. The van der Waals surface area contributed by atoms with Crippen LogP contribution in [0.5, 0.6) is 0 Å². The second-order valence-corrected chi connectivity index (χ2v) is 2.92. The van der Waals surface area contributed by atoms with Gasteiger partial charge in [-0.2, -0.15) is 0 Å². The van der Waals surface area contributed by atoms with Crippen LogP contribution in [0.2, 0.25) is 0 Å². The van der Waals surface area contributed by atoms with Crippen LogP contribution in [-0.2, 0) is 0 Å². The van der Waals surface area contributed by atoms with E-state index in [-0.39, 0.29) is 0 Å². The van der Waals surface area contributed by atoms with Gasteiger partial charge in [-0.05, 0) is 24.9 Å². The third-order valence-electron chi connectivity index (χ3n) is 2.42. The van der Waals surface area contributed by atoms with Crippen molar-refractivity contribution in [1.29, 1.82) is 0 Å². The van der Waals surface area contributed by atoms with Crippen molar-refractivity contribution in [3.63, 3.8) is 0 Å². The summed E-state index contributed by atoms with van der Waals surface area (Å²) in [4.78, 5) is 0. The Morgan fingerprint density at radius 1 is 1.22 bits per heavy atom. The van der Waals surface area contributed by atoms with Gasteiger partial charge in [-0.25, -0.2) is 0 Å². The van der Waals surface area contributed by atoms with E-state index in [9.17, 15) is 0 Å². The van der Waals surface area contributed by atoms with Crippen LogP contribution in [0.3, 0.4) is 0 Å². The van der Waals surface area contributed by atoms with Gasteiger partial charge < -0.3 is 11.5 Å². The maximum Gasteiger partial charge on any atom is -0.00341 e. The minimum Gasteiger partial charge on any atom is -0.330 e. The summed E-state index contributed by atoms with van der Waals surface area (Å²) in [5.74, 6) is 1.47. The van der Waals surface area contributed by atoms with Crippen LogP contribution in [0.15, 0.2) is 0 Å². The van der Waals surface area contributed by atoms with Crippen molar-refractivity contribution in [2.45, 2.75) is 19.3 Å². The second kappa shape index (κ2) is 3.18. The van der Waals surface area contributed by atoms with Crippen LogP contribution < -0.4 is 11.5 Å². The molecule has 1 aliphatic rings. The zero-order valence-electron chi connectivity index (χ0n) is 5.84. The predicted molar refractivity (Wildman–Crippen MR) is 38.9 cm³/mol. The Morgan fingerprint density at radius 3 is 1.89 bits per heavy atom. The molecule has 1 rings (SSSR count). The first-order valence-corrected chi connectivity index (χ1v) is 3.78. The normalized spacial score (nSPS) is 20.3. The van der Waals surface area contributed by atoms with Gasteiger partial charge in [-0.3, -0.25) is 0 Å². The molecule has 1 aliphatic carbocycles. The van der Waals surface area contributed by atoms with Gasteiger partial charge in [0, 0.05) is 0 Å². The molecule has 0 radical (unpaired) electrons. The van der Waals surface area contributed by atoms with Crippen LogP contribution in [-0.4, -0.2) is 13.1 Å². The molecule has 0 aromatic carbocycles. The van der Waals surface area contributed by atoms with E-state index >= 15 is 0 Å². The van der Waals surface area contributed by atoms with Gasteiger partial charge in [0.1, 0.15) is 0 Å². The smallest absolute Gasteiger partial charge is 0.00341 e. The molecule has 0 bridgehead atoms. The summed E-state index contributed by atoms with van der Waals surface area (Å²) >= 11 is 0. The van der Waals surface area contributed by atoms with Crippen molar-refractivity contribution in [3.8, 4) is 0 Å². The zero-order chi connectivity index (χ0) is 6.69. The first-order chi connectivity index (χ1) is 4.38. The molecule has 1 fully saturated rings. The van der Waals surface area contributed by atoms with E-state index in [1.165, 1.54) is 19.3 Å². The van der Waals surface area contributed by atoms with Crippen LogP contribution >= 0.6 is 0 Å². The van der Waals surface area contributed by atoms with Crippen molar-refractivity contribution < 1.29 is 0 Å². The highest BCUT2D eigenvalue weighted by Gasteiger charge is 2.24. The van der Waals surface area contributed by atoms with E-state index in [1.807, 2.05) is 0 Å². The summed E-state index contributed by atoms with van der Waals surface area (Å²) < 4.78 is 0. The fraction of sp³-hybridized carbons (Fsp3) is 1.00. The van der Waals surface area contributed by atoms with Crippen molar-refractivity contribution in [2.24, 2.45) is 23.3 Å². The van der Waals surface area contributed by atoms with E-state index in [0.717, 1.165) is 19.0 Å². The zero-order valence-corrected chi connectivity index (χ0v) is 5.84. The molecule has 0 aliphatic heterocycles. The Bertz CT molecular complexity index is 75.0. The standard InChI is InChI=1S/C7H16N2/c8-4-7(5-9)6-2-1-3-6/h6-7H,1-5,8-9H2. The largest absolute Gasteiger partial charge is 0.330 e. The minimum atomic E-state index is 0.610. The van der Waals surface area contributed by atoms with Crippen LogP contribution in [0.4, 0.5) is 0 Å². The van der Waals surface area contributed by atoms with Crippen LogP contribution in [0, 0.1) is 11.8 Å². The predicted octanol–water partition coefficient (Wildman–Crippen LogP) is 0.320. The van der Waals surface area contributed by atoms with E-state index < -0.39 is 0 Å². The molecule has 2 heteroatoms. The van der Waals surface area contributed by atoms with Gasteiger partial charge in [-0.1, -0.05) is 19.3 Å². The highest BCUT2D eigenvalue weighted by molar-refractivity contribution is 4.78. The van der Waals surface area contributed by atoms with Crippen molar-refractivity contribution >= 4 is 0 Å². The summed E-state index contributed by atoms with van der Waals surface area (Å²) in [7, 11) is 0. The van der Waals surface area contributed by atoms with Crippen LogP contribution in [0.1, 0.15) is 19.3 Å². The Labute approximate surface area is 56.6 Å². The van der Waals surface area contributed by atoms with Gasteiger partial charge in [0.05, 0.1) is 0 Å². The van der Waals surface area contributed by atoms with Gasteiger partial charge in [-0.15, -0.1) is 0 Å². The molecule has 0 aromatic heterocycles. The molecule has 54 valence electrons. The molecule has 0 atom stereocenters. The molecule has 2 nitrogen and oxygen atoms in total. The number of nitrogens with two attached hydrogens (primary N) is 2. The molecule has 0 spiro atoms. The second-order valence-electron chi connectivity index (χ2n) is 2.92.